The second-order valence-electron chi connectivity index (χ2n) is 6.74. The van der Waals surface area contributed by atoms with E-state index in [9.17, 15) is 4.79 Å². The summed E-state index contributed by atoms with van der Waals surface area (Å²) in [7, 11) is 0. The van der Waals surface area contributed by atoms with Crippen LogP contribution in [0.25, 0.3) is 5.65 Å². The molecule has 3 heterocycles. The van der Waals surface area contributed by atoms with Crippen molar-refractivity contribution in [2.24, 2.45) is 0 Å². The van der Waals surface area contributed by atoms with E-state index in [1.165, 1.54) is 0 Å². The SMILES string of the molecule is O=C(C1COc2ccccc2O1)N(Cc1cnc2ccccn12)C1CC1. The minimum Gasteiger partial charge on any atom is -0.485 e. The fourth-order valence-electron chi connectivity index (χ4n) is 3.38. The molecule has 0 saturated heterocycles. The first-order valence-electron chi connectivity index (χ1n) is 8.89. The Hall–Kier alpha value is -3.02. The molecule has 1 aliphatic carbocycles. The van der Waals surface area contributed by atoms with Gasteiger partial charge in [0.1, 0.15) is 12.3 Å². The predicted molar refractivity (Wildman–Crippen MR) is 95.1 cm³/mol. The number of para-hydroxylation sites is 2. The third kappa shape index (κ3) is 2.67. The Balaban J connectivity index is 1.38. The van der Waals surface area contributed by atoms with Crippen molar-refractivity contribution in [1.82, 2.24) is 14.3 Å². The lowest BCUT2D eigenvalue weighted by Gasteiger charge is -2.30. The molecule has 5 rings (SSSR count). The van der Waals surface area contributed by atoms with E-state index in [1.807, 2.05) is 64.2 Å². The van der Waals surface area contributed by atoms with E-state index in [0.717, 1.165) is 24.2 Å². The van der Waals surface area contributed by atoms with Crippen molar-refractivity contribution >= 4 is 11.6 Å². The van der Waals surface area contributed by atoms with Gasteiger partial charge in [0.25, 0.3) is 5.91 Å². The van der Waals surface area contributed by atoms with Gasteiger partial charge in [0.15, 0.2) is 11.5 Å². The first kappa shape index (κ1) is 15.3. The molecule has 2 aliphatic rings. The smallest absolute Gasteiger partial charge is 0.267 e. The highest BCUT2D eigenvalue weighted by Crippen LogP contribution is 2.34. The largest absolute Gasteiger partial charge is 0.485 e. The topological polar surface area (TPSA) is 56.1 Å². The summed E-state index contributed by atoms with van der Waals surface area (Å²) in [5, 5.41) is 0. The van der Waals surface area contributed by atoms with Crippen molar-refractivity contribution in [3.05, 3.63) is 60.6 Å². The van der Waals surface area contributed by atoms with Crippen molar-refractivity contribution in [3.63, 3.8) is 0 Å². The average Bonchev–Trinajstić information content (AvgIpc) is 3.46. The molecule has 1 atom stereocenters. The van der Waals surface area contributed by atoms with Gasteiger partial charge in [-0.2, -0.15) is 0 Å². The molecule has 6 heteroatoms. The summed E-state index contributed by atoms with van der Waals surface area (Å²) in [4.78, 5) is 19.5. The first-order valence-corrected chi connectivity index (χ1v) is 8.89. The normalized spacial score (nSPS) is 18.7. The van der Waals surface area contributed by atoms with Gasteiger partial charge in [-0.1, -0.05) is 18.2 Å². The number of hydrogen-bond donors (Lipinski definition) is 0. The van der Waals surface area contributed by atoms with Crippen LogP contribution in [0.3, 0.4) is 0 Å². The quantitative estimate of drug-likeness (QED) is 0.727. The number of amides is 1. The Bertz CT molecular complexity index is 964. The number of carbonyl (C=O) groups excluding carboxylic acids is 1. The van der Waals surface area contributed by atoms with Gasteiger partial charge in [0.2, 0.25) is 6.10 Å². The zero-order chi connectivity index (χ0) is 17.5. The monoisotopic (exact) mass is 349 g/mol. The summed E-state index contributed by atoms with van der Waals surface area (Å²) >= 11 is 0. The summed E-state index contributed by atoms with van der Waals surface area (Å²) in [5.41, 5.74) is 1.88. The van der Waals surface area contributed by atoms with Crippen LogP contribution in [-0.4, -0.2) is 38.9 Å². The first-order chi connectivity index (χ1) is 12.8. The second kappa shape index (κ2) is 6.05. The molecule has 1 saturated carbocycles. The van der Waals surface area contributed by atoms with Crippen LogP contribution in [0, 0.1) is 0 Å². The molecular formula is C20H19N3O3. The predicted octanol–water partition coefficient (Wildman–Crippen LogP) is 2.67. The molecule has 2 aromatic heterocycles. The molecule has 1 amide bonds. The van der Waals surface area contributed by atoms with E-state index >= 15 is 0 Å². The molecule has 1 aromatic carbocycles. The Labute approximate surface area is 151 Å². The summed E-state index contributed by atoms with van der Waals surface area (Å²) in [6, 6.07) is 13.6. The van der Waals surface area contributed by atoms with Gasteiger partial charge in [-0.15, -0.1) is 0 Å². The molecule has 3 aromatic rings. The van der Waals surface area contributed by atoms with E-state index in [-0.39, 0.29) is 18.6 Å². The third-order valence-electron chi connectivity index (χ3n) is 4.88. The maximum absolute atomic E-state index is 13.1. The van der Waals surface area contributed by atoms with Crippen LogP contribution in [0.1, 0.15) is 18.5 Å². The highest BCUT2D eigenvalue weighted by atomic mass is 16.6. The third-order valence-corrected chi connectivity index (χ3v) is 4.88. The minimum atomic E-state index is -0.607. The standard InChI is InChI=1S/C20H19N3O3/c24-20(18-13-25-16-5-1-2-6-17(16)26-18)23(14-8-9-14)12-15-11-21-19-7-3-4-10-22(15)19/h1-7,10-11,14,18H,8-9,12-13H2. The minimum absolute atomic E-state index is 0.0205. The van der Waals surface area contributed by atoms with Crippen LogP contribution in [0.2, 0.25) is 0 Å². The van der Waals surface area contributed by atoms with E-state index in [2.05, 4.69) is 4.98 Å². The Morgan fingerprint density at radius 3 is 2.81 bits per heavy atom. The van der Waals surface area contributed by atoms with Crippen molar-refractivity contribution in [2.75, 3.05) is 6.61 Å². The summed E-state index contributed by atoms with van der Waals surface area (Å²) in [5.74, 6) is 1.30. The summed E-state index contributed by atoms with van der Waals surface area (Å²) in [6.45, 7) is 0.766. The molecule has 0 spiro atoms. The zero-order valence-corrected chi connectivity index (χ0v) is 14.2. The van der Waals surface area contributed by atoms with Gasteiger partial charge in [-0.05, 0) is 37.1 Å². The number of aromatic nitrogens is 2. The maximum atomic E-state index is 13.1. The summed E-state index contributed by atoms with van der Waals surface area (Å²) in [6.07, 6.45) is 5.28. The van der Waals surface area contributed by atoms with E-state index in [1.54, 1.807) is 0 Å². The number of imidazole rings is 1. The van der Waals surface area contributed by atoms with Crippen molar-refractivity contribution in [2.45, 2.75) is 31.5 Å². The lowest BCUT2D eigenvalue weighted by molar-refractivity contribution is -0.142. The molecule has 1 aliphatic heterocycles. The number of fused-ring (bicyclic) bond motifs is 2. The molecule has 0 radical (unpaired) electrons. The van der Waals surface area contributed by atoms with Crippen LogP contribution >= 0.6 is 0 Å². The van der Waals surface area contributed by atoms with E-state index in [0.29, 0.717) is 18.0 Å². The number of hydrogen-bond acceptors (Lipinski definition) is 4. The van der Waals surface area contributed by atoms with Gasteiger partial charge in [-0.3, -0.25) is 4.79 Å². The highest BCUT2D eigenvalue weighted by Gasteiger charge is 2.39. The van der Waals surface area contributed by atoms with Gasteiger partial charge in [0.05, 0.1) is 18.4 Å². The maximum Gasteiger partial charge on any atom is 0.267 e. The summed E-state index contributed by atoms with van der Waals surface area (Å²) < 4.78 is 13.7. The number of pyridine rings is 1. The fraction of sp³-hybridized carbons (Fsp3) is 0.300. The molecule has 6 nitrogen and oxygen atoms in total. The molecule has 0 bridgehead atoms. The molecule has 0 N–H and O–H groups in total. The van der Waals surface area contributed by atoms with Crippen LogP contribution in [0.4, 0.5) is 0 Å². The van der Waals surface area contributed by atoms with E-state index in [4.69, 9.17) is 9.47 Å². The van der Waals surface area contributed by atoms with Crippen LogP contribution in [0.15, 0.2) is 54.9 Å². The van der Waals surface area contributed by atoms with E-state index < -0.39 is 6.10 Å². The van der Waals surface area contributed by atoms with Gasteiger partial charge < -0.3 is 18.8 Å². The Morgan fingerprint density at radius 1 is 1.15 bits per heavy atom. The number of ether oxygens (including phenoxy) is 2. The zero-order valence-electron chi connectivity index (χ0n) is 14.2. The fourth-order valence-corrected chi connectivity index (χ4v) is 3.38. The van der Waals surface area contributed by atoms with Crippen LogP contribution < -0.4 is 9.47 Å². The number of nitrogens with zero attached hydrogens (tertiary/aromatic N) is 3. The number of benzene rings is 1. The van der Waals surface area contributed by atoms with Crippen LogP contribution in [-0.2, 0) is 11.3 Å². The van der Waals surface area contributed by atoms with Crippen molar-refractivity contribution in [1.29, 1.82) is 0 Å². The number of carbonyl (C=O) groups is 1. The molecule has 132 valence electrons. The van der Waals surface area contributed by atoms with Gasteiger partial charge >= 0.3 is 0 Å². The average molecular weight is 349 g/mol. The Kier molecular flexibility index (Phi) is 3.55. The lowest BCUT2D eigenvalue weighted by atomic mass is 10.2. The highest BCUT2D eigenvalue weighted by molar-refractivity contribution is 5.82. The molecule has 26 heavy (non-hydrogen) atoms. The number of rotatable bonds is 4. The van der Waals surface area contributed by atoms with Crippen molar-refractivity contribution in [3.8, 4) is 11.5 Å². The van der Waals surface area contributed by atoms with Crippen LogP contribution in [0.5, 0.6) is 11.5 Å². The Morgan fingerprint density at radius 2 is 1.96 bits per heavy atom. The van der Waals surface area contributed by atoms with Gasteiger partial charge in [0, 0.05) is 12.2 Å². The van der Waals surface area contributed by atoms with Crippen molar-refractivity contribution < 1.29 is 14.3 Å². The molecular weight excluding hydrogens is 330 g/mol. The lowest BCUT2D eigenvalue weighted by Crippen LogP contribution is -2.47. The molecule has 1 unspecified atom stereocenters. The van der Waals surface area contributed by atoms with Gasteiger partial charge in [-0.25, -0.2) is 4.98 Å². The second-order valence-corrected chi connectivity index (χ2v) is 6.74. The molecule has 1 fully saturated rings.